The first-order chi connectivity index (χ1) is 9.56. The first kappa shape index (κ1) is 16.1. The Labute approximate surface area is 126 Å². The number of ether oxygens (including phenoxy) is 2. The van der Waals surface area contributed by atoms with Gasteiger partial charge < -0.3 is 14.4 Å². The van der Waals surface area contributed by atoms with Crippen molar-refractivity contribution >= 4 is 17.7 Å². The van der Waals surface area contributed by atoms with Gasteiger partial charge in [-0.1, -0.05) is 6.92 Å². The van der Waals surface area contributed by atoms with Crippen LogP contribution in [-0.2, 0) is 14.3 Å². The summed E-state index contributed by atoms with van der Waals surface area (Å²) in [6.07, 6.45) is 4.53. The van der Waals surface area contributed by atoms with Crippen LogP contribution in [0.2, 0.25) is 0 Å². The van der Waals surface area contributed by atoms with E-state index in [9.17, 15) is 4.79 Å². The predicted octanol–water partition coefficient (Wildman–Crippen LogP) is 2.17. The molecule has 2 fully saturated rings. The molecule has 0 bridgehead atoms. The van der Waals surface area contributed by atoms with E-state index in [0.29, 0.717) is 6.04 Å². The molecular weight excluding hydrogens is 274 g/mol. The average Bonchev–Trinajstić information content (AvgIpc) is 2.47. The maximum Gasteiger partial charge on any atom is 0.309 e. The van der Waals surface area contributed by atoms with Crippen molar-refractivity contribution in [1.82, 2.24) is 4.90 Å². The molecule has 5 heteroatoms. The molecule has 1 spiro atoms. The summed E-state index contributed by atoms with van der Waals surface area (Å²) in [6.45, 7) is 3.56. The molecule has 0 N–H and O–H groups in total. The van der Waals surface area contributed by atoms with Gasteiger partial charge in [-0.15, -0.1) is 0 Å². The topological polar surface area (TPSA) is 38.8 Å². The number of carbonyl (C=O) groups is 1. The second-order valence-corrected chi connectivity index (χ2v) is 7.38. The summed E-state index contributed by atoms with van der Waals surface area (Å²) in [5, 5.41) is 0. The highest BCUT2D eigenvalue weighted by Crippen LogP contribution is 2.38. The van der Waals surface area contributed by atoms with Gasteiger partial charge in [0.15, 0.2) is 0 Å². The molecule has 0 aromatic heterocycles. The molecule has 0 aromatic rings. The van der Waals surface area contributed by atoms with Crippen LogP contribution in [0.3, 0.4) is 0 Å². The van der Waals surface area contributed by atoms with Crippen LogP contribution in [0.4, 0.5) is 0 Å². The standard InChI is InChI=1S/C15H27NO3S/c1-12(14(17)18-3)11-16(2)13-4-7-19-15(10-13)5-8-20-9-6-15/h12-13H,4-11H2,1-3H3. The SMILES string of the molecule is COC(=O)C(C)CN(C)C1CCOC2(CCSCC2)C1. The molecule has 2 rings (SSSR count). The molecule has 20 heavy (non-hydrogen) atoms. The first-order valence-electron chi connectivity index (χ1n) is 7.56. The zero-order valence-corrected chi connectivity index (χ0v) is 13.7. The van der Waals surface area contributed by atoms with Gasteiger partial charge in [-0.2, -0.15) is 11.8 Å². The van der Waals surface area contributed by atoms with Crippen LogP contribution in [-0.4, -0.2) is 61.3 Å². The van der Waals surface area contributed by atoms with Crippen molar-refractivity contribution in [1.29, 1.82) is 0 Å². The highest BCUT2D eigenvalue weighted by molar-refractivity contribution is 7.99. The zero-order valence-electron chi connectivity index (χ0n) is 12.9. The Balaban J connectivity index is 1.89. The fourth-order valence-electron chi connectivity index (χ4n) is 3.33. The fraction of sp³-hybridized carbons (Fsp3) is 0.933. The van der Waals surface area contributed by atoms with Crippen LogP contribution < -0.4 is 0 Å². The number of methoxy groups -OCH3 is 1. The molecule has 2 aliphatic heterocycles. The highest BCUT2D eigenvalue weighted by Gasteiger charge is 2.40. The van der Waals surface area contributed by atoms with E-state index in [1.165, 1.54) is 31.5 Å². The van der Waals surface area contributed by atoms with Gasteiger partial charge in [0.1, 0.15) is 0 Å². The van der Waals surface area contributed by atoms with Crippen molar-refractivity contribution in [3.8, 4) is 0 Å². The summed E-state index contributed by atoms with van der Waals surface area (Å²) in [6, 6.07) is 0.527. The summed E-state index contributed by atoms with van der Waals surface area (Å²) in [5.41, 5.74) is 0.108. The molecule has 0 saturated carbocycles. The number of carbonyl (C=O) groups excluding carboxylic acids is 1. The van der Waals surface area contributed by atoms with Crippen molar-refractivity contribution in [2.24, 2.45) is 5.92 Å². The summed E-state index contributed by atoms with van der Waals surface area (Å²) in [4.78, 5) is 13.9. The minimum absolute atomic E-state index is 0.0642. The Morgan fingerprint density at radius 2 is 2.20 bits per heavy atom. The van der Waals surface area contributed by atoms with E-state index >= 15 is 0 Å². The van der Waals surface area contributed by atoms with Crippen molar-refractivity contribution in [3.05, 3.63) is 0 Å². The Hall–Kier alpha value is -0.260. The first-order valence-corrected chi connectivity index (χ1v) is 8.71. The molecule has 2 atom stereocenters. The molecular formula is C15H27NO3S. The van der Waals surface area contributed by atoms with Gasteiger partial charge in [-0.05, 0) is 44.2 Å². The molecule has 2 aliphatic rings. The molecule has 2 heterocycles. The lowest BCUT2D eigenvalue weighted by atomic mass is 9.85. The van der Waals surface area contributed by atoms with Gasteiger partial charge in [-0.25, -0.2) is 0 Å². The van der Waals surface area contributed by atoms with E-state index in [0.717, 1.165) is 26.0 Å². The Morgan fingerprint density at radius 3 is 2.85 bits per heavy atom. The molecule has 0 aromatic carbocycles. The zero-order chi connectivity index (χ0) is 14.6. The third kappa shape index (κ3) is 3.89. The van der Waals surface area contributed by atoms with Gasteiger partial charge in [0, 0.05) is 19.2 Å². The molecule has 2 saturated heterocycles. The van der Waals surface area contributed by atoms with E-state index in [1.807, 2.05) is 18.7 Å². The summed E-state index contributed by atoms with van der Waals surface area (Å²) < 4.78 is 10.9. The van der Waals surface area contributed by atoms with Crippen molar-refractivity contribution < 1.29 is 14.3 Å². The maximum atomic E-state index is 11.5. The van der Waals surface area contributed by atoms with Gasteiger partial charge >= 0.3 is 5.97 Å². The fourth-order valence-corrected chi connectivity index (χ4v) is 4.56. The largest absolute Gasteiger partial charge is 0.469 e. The molecule has 0 radical (unpaired) electrons. The monoisotopic (exact) mass is 301 g/mol. The van der Waals surface area contributed by atoms with Crippen LogP contribution in [0.15, 0.2) is 0 Å². The van der Waals surface area contributed by atoms with E-state index in [1.54, 1.807) is 0 Å². The lowest BCUT2D eigenvalue weighted by molar-refractivity contribution is -0.146. The smallest absolute Gasteiger partial charge is 0.309 e. The summed E-state index contributed by atoms with van der Waals surface area (Å²) in [7, 11) is 3.59. The van der Waals surface area contributed by atoms with Crippen LogP contribution in [0, 0.1) is 5.92 Å². The maximum absolute atomic E-state index is 11.5. The third-order valence-corrected chi connectivity index (χ3v) is 5.65. The highest BCUT2D eigenvalue weighted by atomic mass is 32.2. The average molecular weight is 301 g/mol. The van der Waals surface area contributed by atoms with E-state index in [2.05, 4.69) is 11.9 Å². The quantitative estimate of drug-likeness (QED) is 0.744. The minimum Gasteiger partial charge on any atom is -0.469 e. The van der Waals surface area contributed by atoms with Crippen LogP contribution in [0.1, 0.15) is 32.6 Å². The molecule has 116 valence electrons. The van der Waals surface area contributed by atoms with Gasteiger partial charge in [0.05, 0.1) is 18.6 Å². The Morgan fingerprint density at radius 1 is 1.50 bits per heavy atom. The lowest BCUT2D eigenvalue weighted by Gasteiger charge is -2.46. The van der Waals surface area contributed by atoms with E-state index < -0.39 is 0 Å². The Bertz CT molecular complexity index is 326. The van der Waals surface area contributed by atoms with Crippen molar-refractivity contribution in [2.45, 2.75) is 44.2 Å². The number of esters is 1. The predicted molar refractivity (Wildman–Crippen MR) is 82.1 cm³/mol. The Kier molecular flexibility index (Phi) is 5.75. The van der Waals surface area contributed by atoms with E-state index in [-0.39, 0.29) is 17.5 Å². The summed E-state index contributed by atoms with van der Waals surface area (Å²) >= 11 is 2.03. The normalized spacial score (nSPS) is 27.5. The number of thioether (sulfide) groups is 1. The minimum atomic E-state index is -0.118. The molecule has 0 aliphatic carbocycles. The van der Waals surface area contributed by atoms with Crippen molar-refractivity contribution in [2.75, 3.05) is 38.8 Å². The second kappa shape index (κ2) is 7.14. The third-order valence-electron chi connectivity index (χ3n) is 4.66. The van der Waals surface area contributed by atoms with Crippen molar-refractivity contribution in [3.63, 3.8) is 0 Å². The molecule has 2 unspecified atom stereocenters. The van der Waals surface area contributed by atoms with Gasteiger partial charge in [0.2, 0.25) is 0 Å². The number of hydrogen-bond donors (Lipinski definition) is 0. The number of hydrogen-bond acceptors (Lipinski definition) is 5. The molecule has 0 amide bonds. The summed E-state index contributed by atoms with van der Waals surface area (Å²) in [5.74, 6) is 2.25. The van der Waals surface area contributed by atoms with Gasteiger partial charge in [-0.3, -0.25) is 4.79 Å². The van der Waals surface area contributed by atoms with E-state index in [4.69, 9.17) is 9.47 Å². The lowest BCUT2D eigenvalue weighted by Crippen LogP contribution is -2.50. The molecule has 4 nitrogen and oxygen atoms in total. The second-order valence-electron chi connectivity index (χ2n) is 6.15. The van der Waals surface area contributed by atoms with Gasteiger partial charge in [0.25, 0.3) is 0 Å². The number of nitrogens with zero attached hydrogens (tertiary/aromatic N) is 1. The van der Waals surface area contributed by atoms with Crippen LogP contribution >= 0.6 is 11.8 Å². The van der Waals surface area contributed by atoms with Crippen LogP contribution in [0.25, 0.3) is 0 Å². The number of rotatable bonds is 4. The van der Waals surface area contributed by atoms with Crippen LogP contribution in [0.5, 0.6) is 0 Å².